The molecule has 0 aromatic heterocycles. The summed E-state index contributed by atoms with van der Waals surface area (Å²) in [6, 6.07) is 8.26. The van der Waals surface area contributed by atoms with Crippen LogP contribution < -0.4 is 0 Å². The highest BCUT2D eigenvalue weighted by atomic mass is 32.2. The molecular formula is C31H36O9S. The van der Waals surface area contributed by atoms with E-state index in [4.69, 9.17) is 14.2 Å². The Morgan fingerprint density at radius 2 is 1.66 bits per heavy atom. The quantitative estimate of drug-likeness (QED) is 0.413. The summed E-state index contributed by atoms with van der Waals surface area (Å²) in [5, 5.41) is 12.6. The van der Waals surface area contributed by atoms with Crippen molar-refractivity contribution in [1.82, 2.24) is 0 Å². The summed E-state index contributed by atoms with van der Waals surface area (Å²) in [6.45, 7) is 9.08. The second kappa shape index (κ2) is 9.80. The fourth-order valence-corrected chi connectivity index (χ4v) is 9.19. The van der Waals surface area contributed by atoms with Crippen molar-refractivity contribution in [1.29, 1.82) is 0 Å². The molecule has 1 saturated heterocycles. The molecule has 7 atom stereocenters. The normalized spacial score (nSPS) is 37.4. The van der Waals surface area contributed by atoms with Crippen LogP contribution in [0.15, 0.2) is 41.5 Å². The standard InChI is InChI=1S/C31H36O9S/c1-16-20(34)14-31(37)26(39-27(36)19-10-8-7-9-11-19)24-29(6,13-12-21-30(24,15-41-21)40-18(3)33)25(35)23(38-17(2)32)22(16)28(31,4)5/h7-11,21,23-24,26,37H,12-15H2,1-6H3/t21-,23-,24+,26+,29-,30+,31-/m1/s1. The number of allylic oxidation sites excluding steroid dienone is 1. The molecule has 1 N–H and O–H groups in total. The largest absolute Gasteiger partial charge is 0.457 e. The molecule has 4 aliphatic rings. The second-order valence-electron chi connectivity index (χ2n) is 12.5. The summed E-state index contributed by atoms with van der Waals surface area (Å²) >= 11 is 1.58. The van der Waals surface area contributed by atoms with Crippen LogP contribution in [0.1, 0.15) is 71.2 Å². The highest BCUT2D eigenvalue weighted by Crippen LogP contribution is 2.66. The molecule has 9 nitrogen and oxygen atoms in total. The van der Waals surface area contributed by atoms with Gasteiger partial charge < -0.3 is 19.3 Å². The van der Waals surface area contributed by atoms with E-state index in [0.717, 1.165) is 0 Å². The highest BCUT2D eigenvalue weighted by Gasteiger charge is 2.75. The molecule has 220 valence electrons. The topological polar surface area (TPSA) is 133 Å². The zero-order valence-corrected chi connectivity index (χ0v) is 25.0. The number of carbonyl (C=O) groups excluding carboxylic acids is 5. The molecular weight excluding hydrogens is 548 g/mol. The zero-order valence-electron chi connectivity index (χ0n) is 24.1. The molecule has 1 aromatic carbocycles. The van der Waals surface area contributed by atoms with Crippen molar-refractivity contribution in [3.05, 3.63) is 47.0 Å². The number of ketones is 2. The van der Waals surface area contributed by atoms with Gasteiger partial charge in [-0.15, -0.1) is 0 Å². The van der Waals surface area contributed by atoms with Crippen molar-refractivity contribution in [3.8, 4) is 0 Å². The Labute approximate surface area is 243 Å². The minimum Gasteiger partial charge on any atom is -0.457 e. The third-order valence-electron chi connectivity index (χ3n) is 9.90. The number of fused-ring (bicyclic) bond motifs is 5. The van der Waals surface area contributed by atoms with Crippen LogP contribution in [0.2, 0.25) is 0 Å². The van der Waals surface area contributed by atoms with Gasteiger partial charge in [-0.25, -0.2) is 4.79 Å². The van der Waals surface area contributed by atoms with Crippen molar-refractivity contribution < 1.29 is 43.3 Å². The lowest BCUT2D eigenvalue weighted by Crippen LogP contribution is -2.77. The van der Waals surface area contributed by atoms with Gasteiger partial charge in [0.2, 0.25) is 0 Å². The molecule has 1 aliphatic heterocycles. The average Bonchev–Trinajstić information content (AvgIpc) is 2.88. The maximum atomic E-state index is 14.7. The number of hydrogen-bond acceptors (Lipinski definition) is 10. The second-order valence-corrected chi connectivity index (χ2v) is 13.7. The number of rotatable bonds is 4. The maximum Gasteiger partial charge on any atom is 0.338 e. The number of Topliss-reactive ketones (excluding diaryl/α,β-unsaturated/α-hetero) is 2. The van der Waals surface area contributed by atoms with Crippen LogP contribution in [0.4, 0.5) is 0 Å². The Kier molecular flexibility index (Phi) is 7.05. The molecule has 2 saturated carbocycles. The van der Waals surface area contributed by atoms with Gasteiger partial charge in [0.1, 0.15) is 17.3 Å². The number of thioether (sulfide) groups is 1. The zero-order chi connectivity index (χ0) is 30.1. The van der Waals surface area contributed by atoms with Crippen LogP contribution in [0.5, 0.6) is 0 Å². The van der Waals surface area contributed by atoms with Gasteiger partial charge in [-0.2, -0.15) is 11.8 Å². The van der Waals surface area contributed by atoms with E-state index in [1.165, 1.54) is 13.8 Å². The third-order valence-corrected chi connectivity index (χ3v) is 11.6. The molecule has 1 aromatic rings. The predicted molar refractivity (Wildman–Crippen MR) is 149 cm³/mol. The molecule has 3 fully saturated rings. The number of carbonyl (C=O) groups is 5. The first kappa shape index (κ1) is 29.5. The summed E-state index contributed by atoms with van der Waals surface area (Å²) in [4.78, 5) is 66.9. The van der Waals surface area contributed by atoms with E-state index in [-0.39, 0.29) is 22.0 Å². The molecule has 0 unspecified atom stereocenters. The number of ether oxygens (including phenoxy) is 3. The lowest BCUT2D eigenvalue weighted by Gasteiger charge is -2.66. The van der Waals surface area contributed by atoms with Crippen LogP contribution in [-0.2, 0) is 33.4 Å². The minimum absolute atomic E-state index is 0.198. The average molecular weight is 585 g/mol. The van der Waals surface area contributed by atoms with Crippen molar-refractivity contribution >= 4 is 41.2 Å². The minimum atomic E-state index is -2.04. The van der Waals surface area contributed by atoms with Crippen LogP contribution in [0.25, 0.3) is 0 Å². The van der Waals surface area contributed by atoms with E-state index < -0.39 is 76.1 Å². The van der Waals surface area contributed by atoms with Gasteiger partial charge in [0, 0.05) is 42.1 Å². The molecule has 41 heavy (non-hydrogen) atoms. The van der Waals surface area contributed by atoms with Crippen LogP contribution in [0, 0.1) is 16.7 Å². The number of hydrogen-bond donors (Lipinski definition) is 1. The van der Waals surface area contributed by atoms with Gasteiger partial charge in [0.25, 0.3) is 0 Å². The lowest BCUT2D eigenvalue weighted by molar-refractivity contribution is -0.240. The van der Waals surface area contributed by atoms with Crippen molar-refractivity contribution in [2.75, 3.05) is 5.75 Å². The molecule has 3 aliphatic carbocycles. The smallest absolute Gasteiger partial charge is 0.338 e. The van der Waals surface area contributed by atoms with Crippen molar-refractivity contribution in [3.63, 3.8) is 0 Å². The number of benzene rings is 1. The summed E-state index contributed by atoms with van der Waals surface area (Å²) in [5.41, 5.74) is -5.36. The number of esters is 3. The first-order valence-corrected chi connectivity index (χ1v) is 14.9. The highest BCUT2D eigenvalue weighted by molar-refractivity contribution is 8.01. The molecule has 0 spiro atoms. The Balaban J connectivity index is 1.82. The van der Waals surface area contributed by atoms with Gasteiger partial charge in [-0.05, 0) is 43.0 Å². The number of aliphatic hydroxyl groups is 1. The summed E-state index contributed by atoms with van der Waals surface area (Å²) in [6.07, 6.45) is -2.45. The Bertz CT molecular complexity index is 1370. The predicted octanol–water partition coefficient (Wildman–Crippen LogP) is 3.61. The first-order valence-electron chi connectivity index (χ1n) is 13.9. The van der Waals surface area contributed by atoms with E-state index in [2.05, 4.69) is 0 Å². The summed E-state index contributed by atoms with van der Waals surface area (Å²) < 4.78 is 18.0. The van der Waals surface area contributed by atoms with Crippen molar-refractivity contribution in [2.24, 2.45) is 16.7 Å². The molecule has 0 radical (unpaired) electrons. The summed E-state index contributed by atoms with van der Waals surface area (Å²) in [7, 11) is 0. The molecule has 0 amide bonds. The molecule has 5 rings (SSSR count). The van der Waals surface area contributed by atoms with Crippen molar-refractivity contribution in [2.45, 2.75) is 89.5 Å². The molecule has 2 bridgehead atoms. The molecule has 1 heterocycles. The Hall–Kier alpha value is -2.98. The van der Waals surface area contributed by atoms with Gasteiger partial charge in [-0.1, -0.05) is 39.0 Å². The lowest BCUT2D eigenvalue weighted by atomic mass is 9.46. The van der Waals surface area contributed by atoms with E-state index in [1.807, 2.05) is 0 Å². The van der Waals surface area contributed by atoms with Gasteiger partial charge in [-0.3, -0.25) is 19.2 Å². The van der Waals surface area contributed by atoms with Crippen LogP contribution in [-0.4, -0.2) is 69.0 Å². The van der Waals surface area contributed by atoms with Gasteiger partial charge in [0.15, 0.2) is 17.7 Å². The van der Waals surface area contributed by atoms with E-state index >= 15 is 0 Å². The SMILES string of the molecule is CC(=O)O[C@H]1C(=O)[C@]2(C)CC[C@H]3SC[C@@]3(OC(C)=O)[C@H]2[C@H](OC(=O)c2ccccc2)[C@]2(O)CC(=O)C(C)=C1C2(C)C. The van der Waals surface area contributed by atoms with E-state index in [0.29, 0.717) is 18.6 Å². The summed E-state index contributed by atoms with van der Waals surface area (Å²) in [5.74, 6) is -3.66. The maximum absolute atomic E-state index is 14.7. The van der Waals surface area contributed by atoms with Crippen LogP contribution in [0.3, 0.4) is 0 Å². The van der Waals surface area contributed by atoms with Gasteiger partial charge in [0.05, 0.1) is 11.5 Å². The van der Waals surface area contributed by atoms with E-state index in [1.54, 1.807) is 69.8 Å². The van der Waals surface area contributed by atoms with Crippen LogP contribution >= 0.6 is 11.8 Å². The fraction of sp³-hybridized carbons (Fsp3) is 0.581. The first-order chi connectivity index (χ1) is 19.1. The molecule has 10 heteroatoms. The Morgan fingerprint density at radius 3 is 2.22 bits per heavy atom. The monoisotopic (exact) mass is 584 g/mol. The Morgan fingerprint density at radius 1 is 1.00 bits per heavy atom. The fourth-order valence-electron chi connectivity index (χ4n) is 7.74. The third kappa shape index (κ3) is 4.20. The van der Waals surface area contributed by atoms with E-state index in [9.17, 15) is 29.1 Å². The van der Waals surface area contributed by atoms with Gasteiger partial charge >= 0.3 is 17.9 Å².